The van der Waals surface area contributed by atoms with Crippen LogP contribution in [0.1, 0.15) is 24.5 Å². The molecule has 0 unspecified atom stereocenters. The zero-order valence-corrected chi connectivity index (χ0v) is 9.42. The highest BCUT2D eigenvalue weighted by Gasteiger charge is 2.09. The van der Waals surface area contributed by atoms with Gasteiger partial charge >= 0.3 is 0 Å². The summed E-state index contributed by atoms with van der Waals surface area (Å²) < 4.78 is 5.13. The predicted molar refractivity (Wildman–Crippen MR) is 62.6 cm³/mol. The van der Waals surface area contributed by atoms with Crippen molar-refractivity contribution in [2.45, 2.75) is 26.2 Å². The van der Waals surface area contributed by atoms with Gasteiger partial charge in [0.2, 0.25) is 0 Å². The minimum atomic E-state index is 0.271. The van der Waals surface area contributed by atoms with E-state index in [1.54, 1.807) is 7.11 Å². The highest BCUT2D eigenvalue weighted by atomic mass is 16.5. The number of phenols is 1. The zero-order chi connectivity index (χ0) is 11.3. The van der Waals surface area contributed by atoms with Gasteiger partial charge in [-0.25, -0.2) is 0 Å². The quantitative estimate of drug-likeness (QED) is 0.750. The topological polar surface area (TPSA) is 29.5 Å². The number of hydrogen-bond donors (Lipinski definition) is 1. The summed E-state index contributed by atoms with van der Waals surface area (Å²) in [7, 11) is 1.57. The number of aryl methyl sites for hydroxylation is 1. The summed E-state index contributed by atoms with van der Waals surface area (Å²) in [4.78, 5) is 0. The molecule has 0 radical (unpaired) electrons. The van der Waals surface area contributed by atoms with Gasteiger partial charge in [0, 0.05) is 0 Å². The average Bonchev–Trinajstić information content (AvgIpc) is 2.23. The van der Waals surface area contributed by atoms with Gasteiger partial charge in [-0.05, 0) is 30.0 Å². The smallest absolute Gasteiger partial charge is 0.161 e. The van der Waals surface area contributed by atoms with Gasteiger partial charge in [0.1, 0.15) is 0 Å². The number of allylic oxidation sites excluding steroid dienone is 1. The van der Waals surface area contributed by atoms with E-state index in [1.165, 1.54) is 0 Å². The normalized spacial score (nSPS) is 10.0. The van der Waals surface area contributed by atoms with Gasteiger partial charge in [-0.1, -0.05) is 25.5 Å². The van der Waals surface area contributed by atoms with E-state index in [2.05, 4.69) is 13.5 Å². The fraction of sp³-hybridized carbons (Fsp3) is 0.385. The van der Waals surface area contributed by atoms with Crippen molar-refractivity contribution in [1.82, 2.24) is 0 Å². The molecule has 0 aromatic heterocycles. The van der Waals surface area contributed by atoms with Crippen LogP contribution in [-0.2, 0) is 12.8 Å². The number of rotatable bonds is 5. The van der Waals surface area contributed by atoms with Crippen LogP contribution in [0.2, 0.25) is 0 Å². The lowest BCUT2D eigenvalue weighted by molar-refractivity contribution is 0.370. The lowest BCUT2D eigenvalue weighted by atomic mass is 10.0. The molecule has 0 heterocycles. The molecule has 2 nitrogen and oxygen atoms in total. The van der Waals surface area contributed by atoms with Crippen molar-refractivity contribution in [1.29, 1.82) is 0 Å². The maximum Gasteiger partial charge on any atom is 0.161 e. The second-order valence-electron chi connectivity index (χ2n) is 3.55. The van der Waals surface area contributed by atoms with Crippen molar-refractivity contribution in [3.05, 3.63) is 35.9 Å². The Hall–Kier alpha value is -1.44. The SMILES string of the molecule is C=CCc1cc(CCC)c(O)c(OC)c1. The fourth-order valence-electron chi connectivity index (χ4n) is 1.63. The molecule has 0 spiro atoms. The van der Waals surface area contributed by atoms with Gasteiger partial charge in [0.25, 0.3) is 0 Å². The molecule has 0 aliphatic rings. The standard InChI is InChI=1S/C13H18O2/c1-4-6-10-8-11(7-5-2)13(14)12(9-10)15-3/h4,8-9,14H,1,5-7H2,2-3H3. The third kappa shape index (κ3) is 2.75. The van der Waals surface area contributed by atoms with Crippen LogP contribution in [-0.4, -0.2) is 12.2 Å². The van der Waals surface area contributed by atoms with Crippen molar-refractivity contribution < 1.29 is 9.84 Å². The van der Waals surface area contributed by atoms with E-state index in [-0.39, 0.29) is 5.75 Å². The van der Waals surface area contributed by atoms with Gasteiger partial charge < -0.3 is 9.84 Å². The lowest BCUT2D eigenvalue weighted by Crippen LogP contribution is -1.93. The molecule has 0 aliphatic heterocycles. The molecule has 82 valence electrons. The molecular weight excluding hydrogens is 188 g/mol. The molecule has 0 bridgehead atoms. The van der Waals surface area contributed by atoms with Gasteiger partial charge in [-0.3, -0.25) is 0 Å². The van der Waals surface area contributed by atoms with Crippen molar-refractivity contribution >= 4 is 0 Å². The van der Waals surface area contributed by atoms with Crippen LogP contribution in [0.5, 0.6) is 11.5 Å². The zero-order valence-electron chi connectivity index (χ0n) is 9.42. The summed E-state index contributed by atoms with van der Waals surface area (Å²) in [6.07, 6.45) is 4.52. The molecule has 1 rings (SSSR count). The van der Waals surface area contributed by atoms with Crippen LogP contribution in [0.3, 0.4) is 0 Å². The van der Waals surface area contributed by atoms with Gasteiger partial charge in [-0.15, -0.1) is 6.58 Å². The van der Waals surface area contributed by atoms with Crippen LogP contribution in [0.25, 0.3) is 0 Å². The third-order valence-electron chi connectivity index (χ3n) is 2.33. The Morgan fingerprint density at radius 1 is 1.47 bits per heavy atom. The van der Waals surface area contributed by atoms with Gasteiger partial charge in [0.15, 0.2) is 11.5 Å². The monoisotopic (exact) mass is 206 g/mol. The van der Waals surface area contributed by atoms with Crippen LogP contribution < -0.4 is 4.74 Å². The fourth-order valence-corrected chi connectivity index (χ4v) is 1.63. The maximum atomic E-state index is 9.86. The molecule has 0 aliphatic carbocycles. The largest absolute Gasteiger partial charge is 0.504 e. The van der Waals surface area contributed by atoms with Crippen LogP contribution in [0, 0.1) is 0 Å². The third-order valence-corrected chi connectivity index (χ3v) is 2.33. The molecule has 0 fully saturated rings. The highest BCUT2D eigenvalue weighted by Crippen LogP contribution is 2.32. The molecule has 1 aromatic rings. The molecule has 0 amide bonds. The molecule has 0 saturated heterocycles. The first kappa shape index (κ1) is 11.6. The van der Waals surface area contributed by atoms with E-state index >= 15 is 0 Å². The Morgan fingerprint density at radius 2 is 2.20 bits per heavy atom. The second kappa shape index (κ2) is 5.44. The van der Waals surface area contributed by atoms with E-state index in [0.717, 1.165) is 30.4 Å². The summed E-state index contributed by atoms with van der Waals surface area (Å²) >= 11 is 0. The first-order valence-corrected chi connectivity index (χ1v) is 5.22. The lowest BCUT2D eigenvalue weighted by Gasteiger charge is -2.10. The number of methoxy groups -OCH3 is 1. The predicted octanol–water partition coefficient (Wildman–Crippen LogP) is 3.08. The Labute approximate surface area is 91.2 Å². The number of hydrogen-bond acceptors (Lipinski definition) is 2. The summed E-state index contributed by atoms with van der Waals surface area (Å²) in [5.74, 6) is 0.824. The first-order chi connectivity index (χ1) is 7.22. The average molecular weight is 206 g/mol. The Morgan fingerprint density at radius 3 is 2.73 bits per heavy atom. The minimum Gasteiger partial charge on any atom is -0.504 e. The number of ether oxygens (including phenoxy) is 1. The van der Waals surface area contributed by atoms with Crippen LogP contribution in [0.15, 0.2) is 24.8 Å². The van der Waals surface area contributed by atoms with Gasteiger partial charge in [-0.2, -0.15) is 0 Å². The highest BCUT2D eigenvalue weighted by molar-refractivity contribution is 5.48. The number of benzene rings is 1. The van der Waals surface area contributed by atoms with Crippen molar-refractivity contribution in [3.63, 3.8) is 0 Å². The van der Waals surface area contributed by atoms with Gasteiger partial charge in [0.05, 0.1) is 7.11 Å². The van der Waals surface area contributed by atoms with Crippen molar-refractivity contribution in [2.75, 3.05) is 7.11 Å². The molecule has 0 saturated carbocycles. The summed E-state index contributed by atoms with van der Waals surface area (Å²) in [5.41, 5.74) is 2.08. The summed E-state index contributed by atoms with van der Waals surface area (Å²) in [5, 5.41) is 9.86. The second-order valence-corrected chi connectivity index (χ2v) is 3.55. The van der Waals surface area contributed by atoms with Crippen molar-refractivity contribution in [2.24, 2.45) is 0 Å². The van der Waals surface area contributed by atoms with E-state index < -0.39 is 0 Å². The summed E-state index contributed by atoms with van der Waals surface area (Å²) in [6, 6.07) is 3.87. The van der Waals surface area contributed by atoms with Crippen molar-refractivity contribution in [3.8, 4) is 11.5 Å². The Kier molecular flexibility index (Phi) is 4.22. The maximum absolute atomic E-state index is 9.86. The molecule has 1 aromatic carbocycles. The molecule has 1 N–H and O–H groups in total. The number of phenolic OH excluding ortho intramolecular Hbond substituents is 1. The van der Waals surface area contributed by atoms with E-state index in [0.29, 0.717) is 5.75 Å². The number of aromatic hydroxyl groups is 1. The van der Waals surface area contributed by atoms with Crippen LogP contribution in [0.4, 0.5) is 0 Å². The Balaban J connectivity index is 3.12. The molecule has 2 heteroatoms. The molecule has 15 heavy (non-hydrogen) atoms. The molecular formula is C13H18O2. The Bertz CT molecular complexity index is 343. The first-order valence-electron chi connectivity index (χ1n) is 5.22. The van der Waals surface area contributed by atoms with Crippen LogP contribution >= 0.6 is 0 Å². The minimum absolute atomic E-state index is 0.271. The van der Waals surface area contributed by atoms with E-state index in [4.69, 9.17) is 4.74 Å². The molecule has 0 atom stereocenters. The van der Waals surface area contributed by atoms with E-state index in [9.17, 15) is 5.11 Å². The van der Waals surface area contributed by atoms with E-state index in [1.807, 2.05) is 18.2 Å². The summed E-state index contributed by atoms with van der Waals surface area (Å²) in [6.45, 7) is 5.80.